The van der Waals surface area contributed by atoms with Gasteiger partial charge in [-0.2, -0.15) is 13.2 Å². The van der Waals surface area contributed by atoms with Crippen LogP contribution in [0.25, 0.3) is 11.3 Å². The molecule has 0 radical (unpaired) electrons. The number of anilines is 3. The second kappa shape index (κ2) is 12.2. The van der Waals surface area contributed by atoms with Crippen molar-refractivity contribution in [3.63, 3.8) is 0 Å². The highest BCUT2D eigenvalue weighted by Gasteiger charge is 2.33. The van der Waals surface area contributed by atoms with Gasteiger partial charge in [-0.3, -0.25) is 4.79 Å². The number of benzene rings is 2. The van der Waals surface area contributed by atoms with E-state index < -0.39 is 29.0 Å². The molecule has 0 saturated heterocycles. The molecule has 5 rings (SSSR count). The van der Waals surface area contributed by atoms with Crippen molar-refractivity contribution in [1.82, 2.24) is 15.0 Å². The number of pyridine rings is 1. The van der Waals surface area contributed by atoms with Crippen LogP contribution in [-0.4, -0.2) is 41.0 Å². The van der Waals surface area contributed by atoms with E-state index in [1.165, 1.54) is 24.4 Å². The number of rotatable bonds is 8. The Labute approximate surface area is 246 Å². The van der Waals surface area contributed by atoms with E-state index in [2.05, 4.69) is 32.5 Å². The summed E-state index contributed by atoms with van der Waals surface area (Å²) in [5, 5.41) is 5.38. The third-order valence-electron chi connectivity index (χ3n) is 7.49. The van der Waals surface area contributed by atoms with Crippen LogP contribution in [0.4, 0.5) is 34.9 Å². The van der Waals surface area contributed by atoms with Crippen molar-refractivity contribution in [2.75, 3.05) is 29.6 Å². The van der Waals surface area contributed by atoms with Gasteiger partial charge in [0.1, 0.15) is 11.6 Å². The molecule has 0 aliphatic heterocycles. The Morgan fingerprint density at radius 2 is 1.86 bits per heavy atom. The lowest BCUT2D eigenvalue weighted by atomic mass is 10.1. The number of hydrogen-bond acceptors (Lipinski definition) is 7. The number of halogens is 4. The summed E-state index contributed by atoms with van der Waals surface area (Å²) in [4.78, 5) is 28.0. The van der Waals surface area contributed by atoms with Crippen molar-refractivity contribution in [3.05, 3.63) is 83.9 Å². The highest BCUT2D eigenvalue weighted by molar-refractivity contribution is 6.06. The number of nitrogens with one attached hydrogen (secondary N) is 2. The number of hydrogen-bond donors (Lipinski definition) is 2. The van der Waals surface area contributed by atoms with Crippen LogP contribution in [-0.2, 0) is 6.18 Å². The highest BCUT2D eigenvalue weighted by atomic mass is 19.4. The minimum atomic E-state index is -4.63. The molecule has 2 heterocycles. The molecule has 2 aromatic carbocycles. The van der Waals surface area contributed by atoms with Crippen LogP contribution >= 0.6 is 0 Å². The molecule has 1 saturated carbocycles. The smallest absolute Gasteiger partial charge is 0.416 e. The van der Waals surface area contributed by atoms with Crippen molar-refractivity contribution < 1.29 is 27.1 Å². The molecule has 1 amide bonds. The van der Waals surface area contributed by atoms with E-state index in [-0.39, 0.29) is 23.4 Å². The van der Waals surface area contributed by atoms with Crippen molar-refractivity contribution in [3.8, 4) is 22.9 Å². The van der Waals surface area contributed by atoms with Crippen LogP contribution in [0, 0.1) is 11.7 Å². The SMILES string of the molecule is CNc1nccc(-c2cccnc2Oc2ccc(F)c(C(=O)Nc3cc(C(F)(F)F)ccc3N(C)[C@H]3CCC(C)C3)c2)n1. The molecule has 2 N–H and O–H groups in total. The molecule has 1 unspecified atom stereocenters. The zero-order valence-corrected chi connectivity index (χ0v) is 23.7. The normalized spacial score (nSPS) is 16.5. The molecule has 8 nitrogen and oxygen atoms in total. The van der Waals surface area contributed by atoms with E-state index >= 15 is 0 Å². The number of aromatic nitrogens is 3. The Balaban J connectivity index is 1.44. The predicted octanol–water partition coefficient (Wildman–Crippen LogP) is 7.41. The van der Waals surface area contributed by atoms with Crippen LogP contribution in [0.3, 0.4) is 0 Å². The molecule has 2 atom stereocenters. The van der Waals surface area contributed by atoms with E-state index in [4.69, 9.17) is 4.74 Å². The highest BCUT2D eigenvalue weighted by Crippen LogP contribution is 2.39. The lowest BCUT2D eigenvalue weighted by Gasteiger charge is -2.29. The largest absolute Gasteiger partial charge is 0.438 e. The van der Waals surface area contributed by atoms with Gasteiger partial charge in [0.2, 0.25) is 11.8 Å². The van der Waals surface area contributed by atoms with Crippen molar-refractivity contribution in [2.45, 2.75) is 38.4 Å². The van der Waals surface area contributed by atoms with E-state index in [9.17, 15) is 22.4 Å². The maximum absolute atomic E-state index is 15.0. The van der Waals surface area contributed by atoms with E-state index in [1.54, 1.807) is 38.5 Å². The van der Waals surface area contributed by atoms with E-state index in [1.807, 2.05) is 4.90 Å². The Bertz CT molecular complexity index is 1630. The molecule has 4 aromatic rings. The average molecular weight is 595 g/mol. The molecular weight excluding hydrogens is 564 g/mol. The quantitative estimate of drug-likeness (QED) is 0.205. The second-order valence-corrected chi connectivity index (χ2v) is 10.5. The molecule has 224 valence electrons. The van der Waals surface area contributed by atoms with Gasteiger partial charge in [0.15, 0.2) is 0 Å². The monoisotopic (exact) mass is 594 g/mol. The number of carbonyl (C=O) groups is 1. The molecule has 1 aliphatic rings. The van der Waals surface area contributed by atoms with Gasteiger partial charge in [0, 0.05) is 32.5 Å². The van der Waals surface area contributed by atoms with Gasteiger partial charge >= 0.3 is 6.18 Å². The summed E-state index contributed by atoms with van der Waals surface area (Å²) in [7, 11) is 3.47. The first-order valence-corrected chi connectivity index (χ1v) is 13.7. The predicted molar refractivity (Wildman–Crippen MR) is 156 cm³/mol. The summed E-state index contributed by atoms with van der Waals surface area (Å²) in [6.07, 6.45) is 1.20. The van der Waals surface area contributed by atoms with Crippen LogP contribution < -0.4 is 20.3 Å². The molecule has 0 spiro atoms. The van der Waals surface area contributed by atoms with Crippen molar-refractivity contribution in [1.29, 1.82) is 0 Å². The van der Waals surface area contributed by atoms with E-state index in [0.29, 0.717) is 28.8 Å². The number of alkyl halides is 3. The topological polar surface area (TPSA) is 92.3 Å². The molecule has 1 fully saturated rings. The van der Waals surface area contributed by atoms with Gasteiger partial charge in [0.25, 0.3) is 5.91 Å². The number of amides is 1. The summed E-state index contributed by atoms with van der Waals surface area (Å²) in [6.45, 7) is 2.13. The van der Waals surface area contributed by atoms with Crippen molar-refractivity contribution >= 4 is 23.2 Å². The Morgan fingerprint density at radius 1 is 1.05 bits per heavy atom. The first-order chi connectivity index (χ1) is 20.5. The van der Waals surface area contributed by atoms with Crippen LogP contribution in [0.5, 0.6) is 11.6 Å². The van der Waals surface area contributed by atoms with Gasteiger partial charge in [-0.15, -0.1) is 0 Å². The summed E-state index contributed by atoms with van der Waals surface area (Å²) in [6, 6.07) is 12.0. The fourth-order valence-corrected chi connectivity index (χ4v) is 5.18. The Hall–Kier alpha value is -4.74. The molecule has 2 aromatic heterocycles. The van der Waals surface area contributed by atoms with Gasteiger partial charge in [-0.25, -0.2) is 19.3 Å². The summed E-state index contributed by atoms with van der Waals surface area (Å²) < 4.78 is 61.7. The lowest BCUT2D eigenvalue weighted by Crippen LogP contribution is -2.30. The zero-order chi connectivity index (χ0) is 30.7. The Morgan fingerprint density at radius 3 is 2.58 bits per heavy atom. The maximum atomic E-state index is 15.0. The molecule has 43 heavy (non-hydrogen) atoms. The lowest BCUT2D eigenvalue weighted by molar-refractivity contribution is -0.137. The standard InChI is InChI=1S/C31H30F4N6O2/c1-18-6-8-20(15-18)41(3)27-11-7-19(31(33,34)35)16-26(27)39-28(42)23-17-21(9-10-24(23)32)43-29-22(5-4-13-37-29)25-12-14-38-30(36-2)40-25/h4-5,7,9-14,16-18,20H,6,8,15H2,1-3H3,(H,39,42)(H,36,38,40)/t18?,20-/m0/s1. The molecule has 12 heteroatoms. The third-order valence-corrected chi connectivity index (χ3v) is 7.49. The second-order valence-electron chi connectivity index (χ2n) is 10.5. The maximum Gasteiger partial charge on any atom is 0.416 e. The summed E-state index contributed by atoms with van der Waals surface area (Å²) >= 11 is 0. The number of ether oxygens (including phenoxy) is 1. The minimum Gasteiger partial charge on any atom is -0.438 e. The third kappa shape index (κ3) is 6.68. The Kier molecular flexibility index (Phi) is 8.47. The average Bonchev–Trinajstić information content (AvgIpc) is 3.43. The molecular formula is C31H30F4N6O2. The molecule has 0 bridgehead atoms. The number of nitrogens with zero attached hydrogens (tertiary/aromatic N) is 4. The minimum absolute atomic E-state index is 0.0660. The van der Waals surface area contributed by atoms with Gasteiger partial charge in [-0.1, -0.05) is 6.92 Å². The van der Waals surface area contributed by atoms with E-state index in [0.717, 1.165) is 37.5 Å². The van der Waals surface area contributed by atoms with Crippen LogP contribution in [0.2, 0.25) is 0 Å². The van der Waals surface area contributed by atoms with Crippen LogP contribution in [0.1, 0.15) is 42.1 Å². The van der Waals surface area contributed by atoms with Gasteiger partial charge < -0.3 is 20.3 Å². The van der Waals surface area contributed by atoms with Crippen molar-refractivity contribution in [2.24, 2.45) is 5.92 Å². The zero-order valence-electron chi connectivity index (χ0n) is 23.7. The van der Waals surface area contributed by atoms with Gasteiger partial charge in [-0.05, 0) is 79.8 Å². The summed E-state index contributed by atoms with van der Waals surface area (Å²) in [5.41, 5.74) is 0.0528. The fourth-order valence-electron chi connectivity index (χ4n) is 5.18. The van der Waals surface area contributed by atoms with Crippen LogP contribution in [0.15, 0.2) is 67.0 Å². The fraction of sp³-hybridized carbons (Fsp3) is 0.290. The number of carbonyl (C=O) groups excluding carboxylic acids is 1. The first kappa shape index (κ1) is 29.7. The van der Waals surface area contributed by atoms with Gasteiger partial charge in [0.05, 0.1) is 33.8 Å². The first-order valence-electron chi connectivity index (χ1n) is 13.7. The summed E-state index contributed by atoms with van der Waals surface area (Å²) in [5.74, 6) is -0.685. The molecule has 1 aliphatic carbocycles.